The maximum absolute atomic E-state index is 14.9. The van der Waals surface area contributed by atoms with E-state index in [0.717, 1.165) is 95.2 Å². The summed E-state index contributed by atoms with van der Waals surface area (Å²) in [5.41, 5.74) is 5.00. The largest absolute Gasteiger partial charge is 0.554 e. The van der Waals surface area contributed by atoms with E-state index in [9.17, 15) is 44.7 Å². The molecule has 30 heteroatoms. The van der Waals surface area contributed by atoms with Crippen molar-refractivity contribution in [3.05, 3.63) is 143 Å². The van der Waals surface area contributed by atoms with Crippen molar-refractivity contribution in [1.82, 2.24) is 50.0 Å². The Kier molecular flexibility index (Phi) is 25.8. The maximum Gasteiger partial charge on any atom is 0.387 e. The van der Waals surface area contributed by atoms with Crippen LogP contribution in [0.2, 0.25) is 0 Å². The molecule has 0 unspecified atom stereocenters. The second-order valence-corrected chi connectivity index (χ2v) is 25.9. The van der Waals surface area contributed by atoms with Crippen LogP contribution in [0, 0.1) is 46.9 Å². The van der Waals surface area contributed by atoms with Crippen molar-refractivity contribution >= 4 is 59.1 Å². The molecule has 8 aromatic rings. The number of likely N-dealkylation sites (tertiary alicyclic amines) is 2. The van der Waals surface area contributed by atoms with Gasteiger partial charge in [0.1, 0.15) is 0 Å². The summed E-state index contributed by atoms with van der Waals surface area (Å²) < 4.78 is 122. The first-order valence-corrected chi connectivity index (χ1v) is 33.2. The zero-order valence-corrected chi connectivity index (χ0v) is 55.9. The number of halogens is 8. The number of nitrogens with one attached hydrogen (secondary N) is 6. The van der Waals surface area contributed by atoms with Crippen LogP contribution < -0.4 is 51.6 Å². The monoisotopic (exact) mass is 1400 g/mol. The molecule has 536 valence electrons. The van der Waals surface area contributed by atoms with Crippen LogP contribution >= 0.6 is 0 Å². The normalized spacial score (nSPS) is 19.0. The minimum Gasteiger partial charge on any atom is -0.554 e. The number of fused-ring (bicyclic) bond motifs is 2. The van der Waals surface area contributed by atoms with E-state index in [4.69, 9.17) is 19.8 Å². The van der Waals surface area contributed by atoms with Gasteiger partial charge in [0.25, 0.3) is 11.8 Å². The second kappa shape index (κ2) is 34.5. The molecule has 4 fully saturated rings. The zero-order valence-electron chi connectivity index (χ0n) is 55.9. The van der Waals surface area contributed by atoms with Crippen LogP contribution in [0.15, 0.2) is 97.8 Å². The molecular formula is C70H82F8N14O8. The number of imidazole rings is 2. The first kappa shape index (κ1) is 74.7. The van der Waals surface area contributed by atoms with Crippen LogP contribution in [0.5, 0.6) is 11.5 Å². The first-order valence-electron chi connectivity index (χ1n) is 33.2. The van der Waals surface area contributed by atoms with E-state index in [2.05, 4.69) is 75.4 Å². The lowest BCUT2D eigenvalue weighted by Crippen LogP contribution is -2.58. The van der Waals surface area contributed by atoms with Gasteiger partial charge in [-0.15, -0.1) is 0 Å². The SMILES string of the molecule is CCc1cc(Nc2nccn3c(-c4ccc(OC(F)F)c(F)c4F)cnc23)ccc1C(=O)NCCC1CC[N+](C)(CC2CNC2)CC1.CCc1cc(Nc2nccn3c(-c4ccc(OC(F)F)c(F)c4F)cnc23)ccc1C(=O)NCCC1CC[N+](C)(CC2CNC2)CC1.O=C[O-].O=C[O-]. The van der Waals surface area contributed by atoms with Gasteiger partial charge < -0.3 is 70.1 Å². The van der Waals surface area contributed by atoms with E-state index in [1.807, 2.05) is 26.0 Å². The summed E-state index contributed by atoms with van der Waals surface area (Å²) in [7, 11) is 4.76. The van der Waals surface area contributed by atoms with Crippen molar-refractivity contribution in [1.29, 1.82) is 0 Å². The molecule has 0 aliphatic carbocycles. The summed E-state index contributed by atoms with van der Waals surface area (Å²) in [5.74, 6) is -4.10. The number of anilines is 4. The highest BCUT2D eigenvalue weighted by Gasteiger charge is 2.36. The fraction of sp³-hybridized carbons (Fsp3) is 0.429. The number of amides is 2. The Morgan fingerprint density at radius 2 is 0.940 bits per heavy atom. The summed E-state index contributed by atoms with van der Waals surface area (Å²) in [5, 5.41) is 35.9. The number of alkyl halides is 4. The fourth-order valence-corrected chi connectivity index (χ4v) is 13.5. The molecule has 4 aliphatic heterocycles. The van der Waals surface area contributed by atoms with Crippen LogP contribution in [0.25, 0.3) is 33.8 Å². The highest BCUT2D eigenvalue weighted by atomic mass is 19.3. The molecule has 12 rings (SSSR count). The molecule has 0 bridgehead atoms. The Hall–Kier alpha value is -9.52. The third-order valence-corrected chi connectivity index (χ3v) is 19.0. The second-order valence-electron chi connectivity index (χ2n) is 25.9. The van der Waals surface area contributed by atoms with Crippen molar-refractivity contribution < 1.29 is 83.0 Å². The summed E-state index contributed by atoms with van der Waals surface area (Å²) >= 11 is 0. The Balaban J connectivity index is 0.000000216. The molecule has 2 amide bonds. The number of carbonyl (C=O) groups is 4. The minimum absolute atomic E-state index is 0.0975. The van der Waals surface area contributed by atoms with Gasteiger partial charge in [-0.1, -0.05) is 13.8 Å². The number of aromatic nitrogens is 6. The average molecular weight is 1400 g/mol. The van der Waals surface area contributed by atoms with Crippen molar-refractivity contribution in [3.8, 4) is 34.0 Å². The Morgan fingerprint density at radius 1 is 0.570 bits per heavy atom. The van der Waals surface area contributed by atoms with Crippen LogP contribution in [-0.4, -0.2) is 168 Å². The fourth-order valence-electron chi connectivity index (χ4n) is 13.5. The number of piperidine rings is 2. The average Bonchev–Trinajstić information content (AvgIpc) is 1.61. The first-order chi connectivity index (χ1) is 48.1. The van der Waals surface area contributed by atoms with E-state index in [-0.39, 0.29) is 34.3 Å². The topological polar surface area (TPSA) is 265 Å². The van der Waals surface area contributed by atoms with Crippen LogP contribution in [-0.2, 0) is 22.4 Å². The zero-order chi connectivity index (χ0) is 71.7. The lowest BCUT2D eigenvalue weighted by Gasteiger charge is -2.44. The number of nitrogens with zero attached hydrogens (tertiary/aromatic N) is 8. The number of hydrogen-bond donors (Lipinski definition) is 6. The Bertz CT molecular complexity index is 3840. The smallest absolute Gasteiger partial charge is 0.387 e. The van der Waals surface area contributed by atoms with Crippen molar-refractivity contribution in [2.75, 3.05) is 103 Å². The Labute approximate surface area is 572 Å². The van der Waals surface area contributed by atoms with Crippen LogP contribution in [0.3, 0.4) is 0 Å². The minimum atomic E-state index is -3.29. The predicted octanol–water partition coefficient (Wildman–Crippen LogP) is 8.29. The molecule has 4 aliphatic rings. The van der Waals surface area contributed by atoms with E-state index >= 15 is 0 Å². The van der Waals surface area contributed by atoms with E-state index in [1.54, 1.807) is 24.3 Å². The molecule has 100 heavy (non-hydrogen) atoms. The molecule has 8 heterocycles. The quantitative estimate of drug-likeness (QED) is 0.0189. The van der Waals surface area contributed by atoms with Gasteiger partial charge in [0, 0.05) is 122 Å². The van der Waals surface area contributed by atoms with Gasteiger partial charge >= 0.3 is 13.2 Å². The molecule has 4 aromatic carbocycles. The number of aryl methyl sites for hydroxylation is 2. The number of quaternary nitrogens is 2. The van der Waals surface area contributed by atoms with Crippen molar-refractivity contribution in [2.45, 2.75) is 78.4 Å². The predicted molar refractivity (Wildman–Crippen MR) is 354 cm³/mol. The van der Waals surface area contributed by atoms with Crippen LogP contribution in [0.1, 0.15) is 84.2 Å². The van der Waals surface area contributed by atoms with Crippen molar-refractivity contribution in [2.24, 2.45) is 23.7 Å². The molecular weight excluding hydrogens is 1320 g/mol. The number of benzene rings is 4. The molecule has 4 aromatic heterocycles. The third kappa shape index (κ3) is 18.7. The summed E-state index contributed by atoms with van der Waals surface area (Å²) in [6.07, 6.45) is 16.7. The lowest BCUT2D eigenvalue weighted by molar-refractivity contribution is -0.918. The molecule has 0 atom stereocenters. The third-order valence-electron chi connectivity index (χ3n) is 19.0. The summed E-state index contributed by atoms with van der Waals surface area (Å²) in [6.45, 7) is 9.58. The maximum atomic E-state index is 14.9. The highest BCUT2D eigenvalue weighted by Crippen LogP contribution is 2.36. The van der Waals surface area contributed by atoms with E-state index < -0.39 is 60.9 Å². The van der Waals surface area contributed by atoms with Gasteiger partial charge in [-0.2, -0.15) is 26.3 Å². The van der Waals surface area contributed by atoms with Crippen molar-refractivity contribution in [3.63, 3.8) is 0 Å². The number of hydrogen-bond acceptors (Lipinski definition) is 16. The van der Waals surface area contributed by atoms with Gasteiger partial charge in [0.2, 0.25) is 11.6 Å². The Morgan fingerprint density at radius 3 is 1.27 bits per heavy atom. The molecule has 0 spiro atoms. The molecule has 0 radical (unpaired) electrons. The molecule has 0 saturated carbocycles. The number of carboxylic acid groups (broad SMARTS) is 2. The van der Waals surface area contributed by atoms with Gasteiger partial charge in [0.15, 0.2) is 46.1 Å². The number of ether oxygens (including phenoxy) is 2. The molecule has 4 saturated heterocycles. The summed E-state index contributed by atoms with van der Waals surface area (Å²) in [6, 6.07) is 15.1. The van der Waals surface area contributed by atoms with Gasteiger partial charge in [-0.25, -0.2) is 28.7 Å². The highest BCUT2D eigenvalue weighted by molar-refractivity contribution is 5.97. The van der Waals surface area contributed by atoms with Gasteiger partial charge in [-0.05, 0) is 135 Å². The van der Waals surface area contributed by atoms with Gasteiger partial charge in [0.05, 0.1) is 77.1 Å². The molecule has 22 nitrogen and oxygen atoms in total. The van der Waals surface area contributed by atoms with Gasteiger partial charge in [-0.3, -0.25) is 18.4 Å². The lowest BCUT2D eigenvalue weighted by atomic mass is 9.90. The van der Waals surface area contributed by atoms with Crippen LogP contribution in [0.4, 0.5) is 58.1 Å². The molecule has 6 N–H and O–H groups in total. The van der Waals surface area contributed by atoms with E-state index in [1.165, 1.54) is 111 Å². The number of carbonyl (C=O) groups excluding carboxylic acids is 4. The number of rotatable bonds is 24. The van der Waals surface area contributed by atoms with E-state index in [0.29, 0.717) is 83.2 Å². The standard InChI is InChI=1S/2C34H39F4N7O2.2CH2O2/c2*1-3-23-16-24(4-5-25(23)33(46)41-11-8-21-9-14-45(2,15-10-21)20-22-17-39-18-22)43-31-32-42-19-27(44(32)13-12-40-31)26-6-7-28(47-34(37)38)30(36)29(26)35;2*2-1-3/h2*4-7,12-13,16,19,21-22,34,39H,3,8-11,14-15,17-18,20H2,1-2H3,(H-,40,41,43,46);2*1H,(H,2,3). The summed E-state index contributed by atoms with van der Waals surface area (Å²) in [4.78, 5) is 60.3.